The quantitative estimate of drug-likeness (QED) is 0.882. The molecule has 0 aliphatic heterocycles. The Balaban J connectivity index is 1.97. The van der Waals surface area contributed by atoms with Crippen molar-refractivity contribution in [3.8, 4) is 0 Å². The molecule has 2 nitrogen and oxygen atoms in total. The van der Waals surface area contributed by atoms with E-state index in [1.165, 1.54) is 6.07 Å². The summed E-state index contributed by atoms with van der Waals surface area (Å²) >= 11 is 0. The second kappa shape index (κ2) is 6.14. The molecule has 0 aliphatic rings. The summed E-state index contributed by atoms with van der Waals surface area (Å²) in [6.07, 6.45) is 0.332. The summed E-state index contributed by atoms with van der Waals surface area (Å²) in [5, 5.41) is 2.60. The van der Waals surface area contributed by atoms with E-state index in [2.05, 4.69) is 5.32 Å². The van der Waals surface area contributed by atoms with Crippen LogP contribution in [0.25, 0.3) is 0 Å². The van der Waals surface area contributed by atoms with E-state index in [4.69, 9.17) is 0 Å². The third kappa shape index (κ3) is 3.65. The summed E-state index contributed by atoms with van der Waals surface area (Å²) in [6, 6.07) is 16.0. The van der Waals surface area contributed by atoms with Gasteiger partial charge in [0.25, 0.3) is 0 Å². The zero-order valence-corrected chi connectivity index (χ0v) is 10.8. The Bertz CT molecular complexity index is 554. The molecule has 0 saturated heterocycles. The highest BCUT2D eigenvalue weighted by Gasteiger charge is 2.12. The van der Waals surface area contributed by atoms with Crippen LogP contribution in [0.2, 0.25) is 0 Å². The molecule has 1 atom stereocenters. The molecule has 0 fully saturated rings. The average Bonchev–Trinajstić information content (AvgIpc) is 2.42. The van der Waals surface area contributed by atoms with Gasteiger partial charge in [0.15, 0.2) is 0 Å². The number of halogens is 1. The number of hydrogen-bond acceptors (Lipinski definition) is 1. The van der Waals surface area contributed by atoms with Gasteiger partial charge >= 0.3 is 0 Å². The minimum Gasteiger partial charge on any atom is -0.324 e. The molecule has 98 valence electrons. The number of hydrogen-bond donors (Lipinski definition) is 1. The number of nitrogens with one attached hydrogen (secondary N) is 1. The number of carbonyl (C=O) groups is 1. The molecular weight excluding hydrogens is 241 g/mol. The third-order valence-corrected chi connectivity index (χ3v) is 3.01. The molecule has 2 aromatic carbocycles. The number of benzene rings is 2. The van der Waals surface area contributed by atoms with E-state index in [1.54, 1.807) is 18.2 Å². The second-order valence-electron chi connectivity index (χ2n) is 4.54. The molecule has 2 rings (SSSR count). The van der Waals surface area contributed by atoms with Gasteiger partial charge in [0.05, 0.1) is 5.69 Å². The van der Waals surface area contributed by atoms with Crippen LogP contribution in [-0.2, 0) is 4.79 Å². The highest BCUT2D eigenvalue weighted by molar-refractivity contribution is 5.91. The molecule has 0 heterocycles. The molecule has 1 N–H and O–H groups in total. The lowest BCUT2D eigenvalue weighted by molar-refractivity contribution is -0.116. The fourth-order valence-electron chi connectivity index (χ4n) is 1.94. The van der Waals surface area contributed by atoms with E-state index in [-0.39, 0.29) is 17.5 Å². The van der Waals surface area contributed by atoms with Gasteiger partial charge in [-0.15, -0.1) is 0 Å². The molecule has 0 saturated carbocycles. The first-order valence-electron chi connectivity index (χ1n) is 6.26. The Morgan fingerprint density at radius 1 is 1.11 bits per heavy atom. The van der Waals surface area contributed by atoms with Crippen molar-refractivity contribution in [2.75, 3.05) is 5.32 Å². The van der Waals surface area contributed by atoms with E-state index in [1.807, 2.05) is 37.3 Å². The van der Waals surface area contributed by atoms with Crippen molar-refractivity contribution in [3.63, 3.8) is 0 Å². The van der Waals surface area contributed by atoms with Gasteiger partial charge in [0.2, 0.25) is 5.91 Å². The average molecular weight is 257 g/mol. The van der Waals surface area contributed by atoms with Crippen molar-refractivity contribution >= 4 is 11.6 Å². The van der Waals surface area contributed by atoms with Gasteiger partial charge in [0.1, 0.15) is 5.82 Å². The Morgan fingerprint density at radius 2 is 1.74 bits per heavy atom. The zero-order chi connectivity index (χ0) is 13.7. The van der Waals surface area contributed by atoms with Crippen molar-refractivity contribution in [3.05, 3.63) is 66.0 Å². The Hall–Kier alpha value is -2.16. The molecule has 19 heavy (non-hydrogen) atoms. The number of para-hydroxylation sites is 1. The number of anilines is 1. The second-order valence-corrected chi connectivity index (χ2v) is 4.54. The Kier molecular flexibility index (Phi) is 4.29. The van der Waals surface area contributed by atoms with Crippen LogP contribution >= 0.6 is 0 Å². The zero-order valence-electron chi connectivity index (χ0n) is 10.8. The van der Waals surface area contributed by atoms with Crippen molar-refractivity contribution in [2.24, 2.45) is 0 Å². The molecule has 0 bridgehead atoms. The topological polar surface area (TPSA) is 29.1 Å². The summed E-state index contributed by atoms with van der Waals surface area (Å²) in [5.41, 5.74) is 1.33. The highest BCUT2D eigenvalue weighted by atomic mass is 19.1. The molecule has 1 unspecified atom stereocenters. The number of amides is 1. The SMILES string of the molecule is CC(CC(=O)Nc1ccccc1F)c1ccccc1. The maximum Gasteiger partial charge on any atom is 0.225 e. The normalized spacial score (nSPS) is 11.9. The van der Waals surface area contributed by atoms with Crippen molar-refractivity contribution in [1.29, 1.82) is 0 Å². The summed E-state index contributed by atoms with van der Waals surface area (Å²) in [7, 11) is 0. The standard InChI is InChI=1S/C16H16FNO/c1-12(13-7-3-2-4-8-13)11-16(19)18-15-10-6-5-9-14(15)17/h2-10,12H,11H2,1H3,(H,18,19). The van der Waals surface area contributed by atoms with Crippen LogP contribution in [0.15, 0.2) is 54.6 Å². The van der Waals surface area contributed by atoms with Crippen molar-refractivity contribution in [2.45, 2.75) is 19.3 Å². The first-order chi connectivity index (χ1) is 9.16. The lowest BCUT2D eigenvalue weighted by Crippen LogP contribution is -2.15. The monoisotopic (exact) mass is 257 g/mol. The molecular formula is C16H16FNO. The first-order valence-corrected chi connectivity index (χ1v) is 6.26. The van der Waals surface area contributed by atoms with E-state index in [0.717, 1.165) is 5.56 Å². The summed E-state index contributed by atoms with van der Waals surface area (Å²) in [5.74, 6) is -0.488. The minimum atomic E-state index is -0.414. The van der Waals surface area contributed by atoms with Crippen LogP contribution in [0.1, 0.15) is 24.8 Å². The Morgan fingerprint density at radius 3 is 2.42 bits per heavy atom. The van der Waals surface area contributed by atoms with Gasteiger partial charge in [-0.2, -0.15) is 0 Å². The van der Waals surface area contributed by atoms with Crippen LogP contribution in [0.3, 0.4) is 0 Å². The molecule has 0 aliphatic carbocycles. The minimum absolute atomic E-state index is 0.105. The van der Waals surface area contributed by atoms with Gasteiger partial charge in [0, 0.05) is 6.42 Å². The van der Waals surface area contributed by atoms with E-state index in [0.29, 0.717) is 6.42 Å². The van der Waals surface area contributed by atoms with Crippen LogP contribution in [0, 0.1) is 5.82 Å². The van der Waals surface area contributed by atoms with Gasteiger partial charge in [-0.25, -0.2) is 4.39 Å². The molecule has 1 amide bonds. The molecule has 0 radical (unpaired) electrons. The number of carbonyl (C=O) groups excluding carboxylic acids is 1. The molecule has 3 heteroatoms. The molecule has 2 aromatic rings. The van der Waals surface area contributed by atoms with Crippen LogP contribution < -0.4 is 5.32 Å². The van der Waals surface area contributed by atoms with Crippen LogP contribution in [0.5, 0.6) is 0 Å². The predicted octanol–water partition coefficient (Wildman–Crippen LogP) is 3.96. The molecule has 0 spiro atoms. The smallest absolute Gasteiger partial charge is 0.225 e. The summed E-state index contributed by atoms with van der Waals surface area (Å²) < 4.78 is 13.4. The van der Waals surface area contributed by atoms with E-state index in [9.17, 15) is 9.18 Å². The van der Waals surface area contributed by atoms with Crippen molar-refractivity contribution in [1.82, 2.24) is 0 Å². The van der Waals surface area contributed by atoms with Gasteiger partial charge in [-0.05, 0) is 23.6 Å². The predicted molar refractivity (Wildman–Crippen MR) is 74.5 cm³/mol. The van der Waals surface area contributed by atoms with Crippen LogP contribution in [-0.4, -0.2) is 5.91 Å². The maximum absolute atomic E-state index is 13.4. The third-order valence-electron chi connectivity index (χ3n) is 3.01. The van der Waals surface area contributed by atoms with Crippen LogP contribution in [0.4, 0.5) is 10.1 Å². The fraction of sp³-hybridized carbons (Fsp3) is 0.188. The van der Waals surface area contributed by atoms with E-state index >= 15 is 0 Å². The lowest BCUT2D eigenvalue weighted by atomic mass is 9.97. The maximum atomic E-state index is 13.4. The fourth-order valence-corrected chi connectivity index (χ4v) is 1.94. The largest absolute Gasteiger partial charge is 0.324 e. The van der Waals surface area contributed by atoms with E-state index < -0.39 is 5.82 Å². The summed E-state index contributed by atoms with van der Waals surface area (Å²) in [6.45, 7) is 1.98. The van der Waals surface area contributed by atoms with Gasteiger partial charge < -0.3 is 5.32 Å². The Labute approximate surface area is 112 Å². The first kappa shape index (κ1) is 13.3. The highest BCUT2D eigenvalue weighted by Crippen LogP contribution is 2.20. The van der Waals surface area contributed by atoms with Gasteiger partial charge in [-0.1, -0.05) is 49.4 Å². The molecule has 0 aromatic heterocycles. The summed E-state index contributed by atoms with van der Waals surface area (Å²) in [4.78, 5) is 11.9. The lowest BCUT2D eigenvalue weighted by Gasteiger charge is -2.12. The number of rotatable bonds is 4. The van der Waals surface area contributed by atoms with Crippen molar-refractivity contribution < 1.29 is 9.18 Å². The van der Waals surface area contributed by atoms with Gasteiger partial charge in [-0.3, -0.25) is 4.79 Å².